The van der Waals surface area contributed by atoms with Gasteiger partial charge in [-0.3, -0.25) is 4.79 Å². The molecule has 9 nitrogen and oxygen atoms in total. The summed E-state index contributed by atoms with van der Waals surface area (Å²) in [6.45, 7) is 8.38. The third-order valence-corrected chi connectivity index (χ3v) is 7.30. The van der Waals surface area contributed by atoms with Crippen LogP contribution in [0.3, 0.4) is 0 Å². The monoisotopic (exact) mass is 459 g/mol. The molecule has 10 heteroatoms. The summed E-state index contributed by atoms with van der Waals surface area (Å²) in [5.74, 6) is 0.382. The molecule has 1 unspecified atom stereocenters. The number of hydrogen-bond donors (Lipinski definition) is 2. The number of sulfonamides is 1. The summed E-state index contributed by atoms with van der Waals surface area (Å²) in [5, 5.41) is -0.310. The van der Waals surface area contributed by atoms with Gasteiger partial charge in [0.2, 0.25) is 0 Å². The van der Waals surface area contributed by atoms with Crippen LogP contribution in [0.25, 0.3) is 0 Å². The van der Waals surface area contributed by atoms with Crippen molar-refractivity contribution in [1.82, 2.24) is 14.7 Å². The minimum absolute atomic E-state index is 0.0543. The molecule has 3 N–H and O–H groups in total. The molecule has 4 rings (SSSR count). The van der Waals surface area contributed by atoms with E-state index in [0.717, 1.165) is 25.1 Å². The summed E-state index contributed by atoms with van der Waals surface area (Å²) < 4.78 is 33.2. The zero-order chi connectivity index (χ0) is 23.1. The van der Waals surface area contributed by atoms with Gasteiger partial charge in [0.05, 0.1) is 12.2 Å². The molecule has 0 aliphatic carbocycles. The van der Waals surface area contributed by atoms with Crippen LogP contribution in [0.4, 0.5) is 11.6 Å². The molecule has 2 saturated heterocycles. The van der Waals surface area contributed by atoms with Crippen LogP contribution in [0.15, 0.2) is 35.4 Å². The molecule has 172 valence electrons. The molecule has 1 amide bonds. The highest BCUT2D eigenvalue weighted by atomic mass is 32.2. The Morgan fingerprint density at radius 3 is 2.66 bits per heavy atom. The summed E-state index contributed by atoms with van der Waals surface area (Å²) in [6, 6.07) is 7.69. The fraction of sp³-hybridized carbons (Fsp3) is 0.500. The minimum atomic E-state index is -4.19. The Labute approximate surface area is 188 Å². The first kappa shape index (κ1) is 22.5. The van der Waals surface area contributed by atoms with Crippen molar-refractivity contribution in [3.63, 3.8) is 0 Å². The van der Waals surface area contributed by atoms with E-state index in [2.05, 4.69) is 35.4 Å². The maximum Gasteiger partial charge on any atom is 0.281 e. The summed E-state index contributed by atoms with van der Waals surface area (Å²) in [5.41, 5.74) is 6.45. The first-order valence-corrected chi connectivity index (χ1v) is 12.2. The van der Waals surface area contributed by atoms with Crippen molar-refractivity contribution in [2.45, 2.75) is 50.1 Å². The standard InChI is InChI=1S/C22H29N5O4S/c1-14-11-22(2,3)27(12-14)20-16(7-8-17(24-20)15-9-10-31-13-15)21(28)26-32(29,30)19-6-4-5-18(23)25-19/h4-8,14-15H,9-13H2,1-3H3,(H2,23,25)(H,26,28)/t14-,15?/m0/s1. The van der Waals surface area contributed by atoms with E-state index in [-0.39, 0.29) is 27.9 Å². The summed E-state index contributed by atoms with van der Waals surface area (Å²) in [6.07, 6.45) is 1.81. The van der Waals surface area contributed by atoms with E-state index in [0.29, 0.717) is 24.9 Å². The molecule has 2 fully saturated rings. The SMILES string of the molecule is C[C@@H]1CN(c2nc(C3CCOC3)ccc2C(=O)NS(=O)(=O)c2cccc(N)n2)C(C)(C)C1. The Bertz CT molecular complexity index is 1130. The van der Waals surface area contributed by atoms with Gasteiger partial charge in [-0.25, -0.2) is 14.7 Å². The summed E-state index contributed by atoms with van der Waals surface area (Å²) >= 11 is 0. The lowest BCUT2D eigenvalue weighted by molar-refractivity contribution is 0.0981. The number of nitrogen functional groups attached to an aromatic ring is 1. The van der Waals surface area contributed by atoms with E-state index in [1.165, 1.54) is 18.2 Å². The predicted molar refractivity (Wildman–Crippen MR) is 121 cm³/mol. The van der Waals surface area contributed by atoms with Gasteiger partial charge < -0.3 is 15.4 Å². The zero-order valence-electron chi connectivity index (χ0n) is 18.5. The number of amides is 1. The van der Waals surface area contributed by atoms with Gasteiger partial charge in [-0.15, -0.1) is 0 Å². The quantitative estimate of drug-likeness (QED) is 0.697. The molecular formula is C22H29N5O4S. The number of nitrogens with zero attached hydrogens (tertiary/aromatic N) is 3. The third kappa shape index (κ3) is 4.42. The lowest BCUT2D eigenvalue weighted by Crippen LogP contribution is -2.41. The van der Waals surface area contributed by atoms with E-state index >= 15 is 0 Å². The number of aromatic nitrogens is 2. The molecule has 4 heterocycles. The molecule has 32 heavy (non-hydrogen) atoms. The Balaban J connectivity index is 1.71. The van der Waals surface area contributed by atoms with Crippen molar-refractivity contribution in [1.29, 1.82) is 0 Å². The Kier molecular flexibility index (Phi) is 5.85. The van der Waals surface area contributed by atoms with E-state index in [4.69, 9.17) is 15.5 Å². The third-order valence-electron chi connectivity index (χ3n) is 6.07. The zero-order valence-corrected chi connectivity index (χ0v) is 19.4. The predicted octanol–water partition coefficient (Wildman–Crippen LogP) is 2.31. The Hall–Kier alpha value is -2.72. The van der Waals surface area contributed by atoms with Crippen LogP contribution < -0.4 is 15.4 Å². The normalized spacial score (nSPS) is 22.8. The Morgan fingerprint density at radius 1 is 1.25 bits per heavy atom. The van der Waals surface area contributed by atoms with Crippen molar-refractivity contribution < 1.29 is 17.9 Å². The molecular weight excluding hydrogens is 430 g/mol. The van der Waals surface area contributed by atoms with Gasteiger partial charge in [-0.1, -0.05) is 13.0 Å². The average Bonchev–Trinajstić information content (AvgIpc) is 3.34. The van der Waals surface area contributed by atoms with Crippen LogP contribution in [0.5, 0.6) is 0 Å². The highest BCUT2D eigenvalue weighted by molar-refractivity contribution is 7.90. The van der Waals surface area contributed by atoms with Crippen LogP contribution in [-0.4, -0.2) is 49.6 Å². The fourth-order valence-electron chi connectivity index (χ4n) is 4.61. The van der Waals surface area contributed by atoms with Crippen molar-refractivity contribution in [2.24, 2.45) is 5.92 Å². The molecule has 0 spiro atoms. The van der Waals surface area contributed by atoms with Crippen LogP contribution in [0.1, 0.15) is 55.6 Å². The van der Waals surface area contributed by atoms with Crippen molar-refractivity contribution in [3.05, 3.63) is 41.6 Å². The largest absolute Gasteiger partial charge is 0.384 e. The van der Waals surface area contributed by atoms with Gasteiger partial charge in [0.1, 0.15) is 11.6 Å². The van der Waals surface area contributed by atoms with Crippen molar-refractivity contribution in [3.8, 4) is 0 Å². The number of nitrogens with one attached hydrogen (secondary N) is 1. The number of carbonyl (C=O) groups excluding carboxylic acids is 1. The topological polar surface area (TPSA) is 128 Å². The summed E-state index contributed by atoms with van der Waals surface area (Å²) in [7, 11) is -4.19. The van der Waals surface area contributed by atoms with Crippen molar-refractivity contribution >= 4 is 27.6 Å². The first-order valence-electron chi connectivity index (χ1n) is 10.7. The van der Waals surface area contributed by atoms with Crippen LogP contribution in [0, 0.1) is 5.92 Å². The first-order chi connectivity index (χ1) is 15.1. The lowest BCUT2D eigenvalue weighted by Gasteiger charge is -2.34. The van der Waals surface area contributed by atoms with Crippen molar-refractivity contribution in [2.75, 3.05) is 30.4 Å². The number of carbonyl (C=O) groups is 1. The lowest BCUT2D eigenvalue weighted by atomic mass is 9.97. The molecule has 2 aliphatic heterocycles. The molecule has 0 bridgehead atoms. The second-order valence-corrected chi connectivity index (χ2v) is 10.9. The highest BCUT2D eigenvalue weighted by Gasteiger charge is 2.39. The van der Waals surface area contributed by atoms with Gasteiger partial charge in [-0.2, -0.15) is 8.42 Å². The molecule has 2 aromatic rings. The van der Waals surface area contributed by atoms with E-state index < -0.39 is 15.9 Å². The second kappa shape index (κ2) is 8.32. The fourth-order valence-corrected chi connectivity index (χ4v) is 5.55. The molecule has 0 aromatic carbocycles. The molecule has 0 saturated carbocycles. The number of hydrogen-bond acceptors (Lipinski definition) is 8. The van der Waals surface area contributed by atoms with E-state index in [1.807, 2.05) is 0 Å². The van der Waals surface area contributed by atoms with Gasteiger partial charge >= 0.3 is 0 Å². The molecule has 0 radical (unpaired) electrons. The van der Waals surface area contributed by atoms with Crippen LogP contribution in [-0.2, 0) is 14.8 Å². The summed E-state index contributed by atoms with van der Waals surface area (Å²) in [4.78, 5) is 24.0. The van der Waals surface area contributed by atoms with Gasteiger partial charge in [0, 0.05) is 30.3 Å². The maximum atomic E-state index is 13.2. The number of anilines is 2. The van der Waals surface area contributed by atoms with E-state index in [1.54, 1.807) is 12.1 Å². The van der Waals surface area contributed by atoms with Gasteiger partial charge in [0.25, 0.3) is 15.9 Å². The maximum absolute atomic E-state index is 13.2. The second-order valence-electron chi connectivity index (χ2n) is 9.24. The van der Waals surface area contributed by atoms with Gasteiger partial charge in [0.15, 0.2) is 5.03 Å². The Morgan fingerprint density at radius 2 is 2.03 bits per heavy atom. The number of rotatable bonds is 5. The van der Waals surface area contributed by atoms with E-state index in [9.17, 15) is 13.2 Å². The number of nitrogens with two attached hydrogens (primary N) is 1. The number of ether oxygens (including phenoxy) is 1. The van der Waals surface area contributed by atoms with Crippen LogP contribution in [0.2, 0.25) is 0 Å². The average molecular weight is 460 g/mol. The molecule has 2 atom stereocenters. The van der Waals surface area contributed by atoms with Crippen LogP contribution >= 0.6 is 0 Å². The number of pyridine rings is 2. The molecule has 2 aromatic heterocycles. The minimum Gasteiger partial charge on any atom is -0.384 e. The van der Waals surface area contributed by atoms with Gasteiger partial charge in [-0.05, 0) is 56.9 Å². The smallest absolute Gasteiger partial charge is 0.281 e. The highest BCUT2D eigenvalue weighted by Crippen LogP contribution is 2.38. The molecule has 2 aliphatic rings.